The summed E-state index contributed by atoms with van der Waals surface area (Å²) in [6.07, 6.45) is 1.97. The van der Waals surface area contributed by atoms with E-state index in [0.717, 1.165) is 0 Å². The Labute approximate surface area is 232 Å². The maximum absolute atomic E-state index is 15.4. The highest BCUT2D eigenvalue weighted by Gasteiger charge is 2.49. The van der Waals surface area contributed by atoms with E-state index in [1.807, 2.05) is 6.07 Å². The highest BCUT2D eigenvalue weighted by atomic mass is 32.2. The molecule has 1 amide bonds. The van der Waals surface area contributed by atoms with E-state index in [9.17, 15) is 9.00 Å². The molecule has 11 nitrogen and oxygen atoms in total. The van der Waals surface area contributed by atoms with Crippen molar-refractivity contribution in [3.05, 3.63) is 53.6 Å². The predicted octanol–water partition coefficient (Wildman–Crippen LogP) is 4.84. The maximum atomic E-state index is 15.4. The molecule has 1 aliphatic rings. The minimum atomic E-state index is -3.05. The van der Waals surface area contributed by atoms with Gasteiger partial charge < -0.3 is 9.26 Å². The predicted molar refractivity (Wildman–Crippen MR) is 147 cm³/mol. The molecule has 0 fully saturated rings. The van der Waals surface area contributed by atoms with E-state index in [2.05, 4.69) is 24.8 Å². The monoisotopic (exact) mass is 567 g/mol. The summed E-state index contributed by atoms with van der Waals surface area (Å²) in [5.74, 6) is -0.0370. The number of nitriles is 1. The minimum Gasteiger partial charge on any atom is -0.444 e. The standard InChI is InChI=1S/C27H30FN7O4S/c1-25(2,3)38-24(36)33-23-26(4,5)40(37,30-7)15-27(6,34-23)18-10-17(8-9-19(18)28)21-11-20(35-39-21)22-31-13-16(12-29)14-32-22/h8-11,13-14H,15H2,1-7H3,(H,33,34,36)/t27-,40+/m0/s1. The lowest BCUT2D eigenvalue weighted by molar-refractivity contribution is 0.0560. The summed E-state index contributed by atoms with van der Waals surface area (Å²) in [5.41, 5.74) is -0.903. The number of alkyl carbamates (subject to hydrolysis) is 1. The van der Waals surface area contributed by atoms with E-state index in [4.69, 9.17) is 19.5 Å². The molecule has 0 saturated heterocycles. The number of amidine groups is 1. The summed E-state index contributed by atoms with van der Waals surface area (Å²) >= 11 is 0. The van der Waals surface area contributed by atoms with E-state index in [-0.39, 0.29) is 23.0 Å². The van der Waals surface area contributed by atoms with Crippen LogP contribution in [-0.2, 0) is 20.0 Å². The van der Waals surface area contributed by atoms with Crippen LogP contribution in [0.2, 0.25) is 0 Å². The number of carbonyl (C=O) groups is 1. The number of hydrogen-bond acceptors (Lipinski definition) is 10. The van der Waals surface area contributed by atoms with Crippen molar-refractivity contribution in [2.45, 2.75) is 57.4 Å². The molecular weight excluding hydrogens is 537 g/mol. The van der Waals surface area contributed by atoms with Crippen LogP contribution in [0.3, 0.4) is 0 Å². The first kappa shape index (κ1) is 28.8. The zero-order chi connectivity index (χ0) is 29.5. The lowest BCUT2D eigenvalue weighted by Crippen LogP contribution is -2.57. The van der Waals surface area contributed by atoms with Gasteiger partial charge in [-0.05, 0) is 59.7 Å². The summed E-state index contributed by atoms with van der Waals surface area (Å²) in [5, 5.41) is 15.6. The van der Waals surface area contributed by atoms with Crippen LogP contribution < -0.4 is 5.32 Å². The molecular formula is C27H30FN7O4S. The van der Waals surface area contributed by atoms with Crippen LogP contribution in [0.4, 0.5) is 9.18 Å². The summed E-state index contributed by atoms with van der Waals surface area (Å²) in [4.78, 5) is 25.6. The van der Waals surface area contributed by atoms with Gasteiger partial charge in [-0.1, -0.05) is 5.16 Å². The molecule has 1 aliphatic heterocycles. The van der Waals surface area contributed by atoms with Crippen molar-refractivity contribution in [2.75, 3.05) is 12.8 Å². The Morgan fingerprint density at radius 2 is 1.90 bits per heavy atom. The summed E-state index contributed by atoms with van der Waals surface area (Å²) in [6.45, 7) is 10.1. The average Bonchev–Trinajstić information content (AvgIpc) is 3.37. The van der Waals surface area contributed by atoms with E-state index in [1.54, 1.807) is 53.7 Å². The van der Waals surface area contributed by atoms with Crippen molar-refractivity contribution in [1.29, 1.82) is 5.26 Å². The van der Waals surface area contributed by atoms with E-state index < -0.39 is 37.5 Å². The molecule has 4 rings (SSSR count). The van der Waals surface area contributed by atoms with Crippen molar-refractivity contribution in [3.8, 4) is 28.9 Å². The highest BCUT2D eigenvalue weighted by molar-refractivity contribution is 7.95. The number of aliphatic imine (C=N–C) groups is 1. The minimum absolute atomic E-state index is 0.0795. The van der Waals surface area contributed by atoms with Gasteiger partial charge >= 0.3 is 6.09 Å². The molecule has 40 heavy (non-hydrogen) atoms. The molecule has 3 heterocycles. The Morgan fingerprint density at radius 1 is 1.23 bits per heavy atom. The van der Waals surface area contributed by atoms with Gasteiger partial charge in [-0.15, -0.1) is 0 Å². The van der Waals surface area contributed by atoms with Gasteiger partial charge in [-0.25, -0.2) is 27.7 Å². The van der Waals surface area contributed by atoms with Crippen molar-refractivity contribution >= 4 is 21.7 Å². The Balaban J connectivity index is 1.77. The molecule has 1 aromatic carbocycles. The highest BCUT2D eigenvalue weighted by Crippen LogP contribution is 2.40. The van der Waals surface area contributed by atoms with Gasteiger partial charge in [-0.2, -0.15) is 5.26 Å². The van der Waals surface area contributed by atoms with Crippen LogP contribution in [0.15, 0.2) is 50.5 Å². The number of amides is 1. The SMILES string of the molecule is CN=[S@@]1(=O)C[C@@](C)(c2cc(-c3cc(-c4ncc(C#N)cn4)no3)ccc2F)N=C(NC(=O)OC(C)(C)C)C1(C)C. The fourth-order valence-electron chi connectivity index (χ4n) is 4.26. The van der Waals surface area contributed by atoms with E-state index in [0.29, 0.717) is 22.6 Å². The molecule has 2 atom stereocenters. The smallest absolute Gasteiger partial charge is 0.413 e. The Bertz CT molecular complexity index is 1660. The Hall–Kier alpha value is -4.18. The molecule has 1 N–H and O–H groups in total. The number of aromatic nitrogens is 3. The lowest BCUT2D eigenvalue weighted by Gasteiger charge is -2.41. The number of nitrogens with zero attached hydrogens (tertiary/aromatic N) is 6. The first-order chi connectivity index (χ1) is 18.6. The summed E-state index contributed by atoms with van der Waals surface area (Å²) < 4.78 is 43.5. The van der Waals surface area contributed by atoms with Crippen LogP contribution in [0.1, 0.15) is 52.7 Å². The first-order valence-electron chi connectivity index (χ1n) is 12.3. The fourth-order valence-corrected chi connectivity index (χ4v) is 6.59. The fraction of sp³-hybridized carbons (Fsp3) is 0.407. The van der Waals surface area contributed by atoms with Gasteiger partial charge in [0.1, 0.15) is 33.6 Å². The lowest BCUT2D eigenvalue weighted by atomic mass is 9.91. The van der Waals surface area contributed by atoms with Crippen LogP contribution >= 0.6 is 0 Å². The third-order valence-electron chi connectivity index (χ3n) is 6.47. The molecule has 0 radical (unpaired) electrons. The normalized spacial score (nSPS) is 22.1. The second-order valence-electron chi connectivity index (χ2n) is 11.0. The van der Waals surface area contributed by atoms with Gasteiger partial charge in [0.25, 0.3) is 0 Å². The zero-order valence-electron chi connectivity index (χ0n) is 23.3. The van der Waals surface area contributed by atoms with Crippen molar-refractivity contribution in [2.24, 2.45) is 9.36 Å². The van der Waals surface area contributed by atoms with Crippen molar-refractivity contribution < 1.29 is 22.7 Å². The van der Waals surface area contributed by atoms with E-state index in [1.165, 1.54) is 31.6 Å². The summed E-state index contributed by atoms with van der Waals surface area (Å²) in [6, 6.07) is 7.86. The Morgan fingerprint density at radius 3 is 2.50 bits per heavy atom. The van der Waals surface area contributed by atoms with Gasteiger partial charge in [0.05, 0.1) is 21.0 Å². The molecule has 0 bridgehead atoms. The maximum Gasteiger partial charge on any atom is 0.413 e. The number of ether oxygens (including phenoxy) is 1. The first-order valence-corrected chi connectivity index (χ1v) is 14.0. The molecule has 0 unspecified atom stereocenters. The Kier molecular flexibility index (Phi) is 7.27. The molecule has 13 heteroatoms. The van der Waals surface area contributed by atoms with Gasteiger partial charge in [-0.3, -0.25) is 10.3 Å². The second-order valence-corrected chi connectivity index (χ2v) is 14.0. The number of carbonyl (C=O) groups excluding carboxylic acids is 1. The van der Waals surface area contributed by atoms with Crippen molar-refractivity contribution in [3.63, 3.8) is 0 Å². The topological polar surface area (TPSA) is 156 Å². The van der Waals surface area contributed by atoms with Crippen LogP contribution in [0.5, 0.6) is 0 Å². The van der Waals surface area contributed by atoms with Crippen LogP contribution in [-0.4, -0.2) is 54.4 Å². The number of halogens is 1. The molecule has 3 aromatic rings. The molecule has 0 aliphatic carbocycles. The third-order valence-corrected chi connectivity index (χ3v) is 9.80. The zero-order valence-corrected chi connectivity index (χ0v) is 24.1. The largest absolute Gasteiger partial charge is 0.444 e. The van der Waals surface area contributed by atoms with Crippen LogP contribution in [0.25, 0.3) is 22.8 Å². The second kappa shape index (κ2) is 10.1. The number of benzene rings is 1. The third kappa shape index (κ3) is 5.44. The van der Waals surface area contributed by atoms with Crippen LogP contribution in [0, 0.1) is 17.1 Å². The molecule has 210 valence electrons. The molecule has 0 saturated carbocycles. The number of hydrogen-bond donors (Lipinski definition) is 1. The van der Waals surface area contributed by atoms with Gasteiger partial charge in [0, 0.05) is 36.6 Å². The summed E-state index contributed by atoms with van der Waals surface area (Å²) in [7, 11) is -1.61. The van der Waals surface area contributed by atoms with Gasteiger partial charge in [0.2, 0.25) is 0 Å². The molecule has 0 spiro atoms. The van der Waals surface area contributed by atoms with Gasteiger partial charge in [0.15, 0.2) is 17.3 Å². The molecule has 2 aromatic heterocycles. The van der Waals surface area contributed by atoms with E-state index >= 15 is 4.39 Å². The number of nitrogens with one attached hydrogen (secondary N) is 1. The van der Waals surface area contributed by atoms with Crippen molar-refractivity contribution in [1.82, 2.24) is 20.4 Å². The number of rotatable bonds is 3. The quantitative estimate of drug-likeness (QED) is 0.471. The average molecular weight is 568 g/mol.